The van der Waals surface area contributed by atoms with Gasteiger partial charge in [0.1, 0.15) is 5.75 Å². The van der Waals surface area contributed by atoms with Gasteiger partial charge >= 0.3 is 0 Å². The molecule has 1 aliphatic heterocycles. The van der Waals surface area contributed by atoms with Gasteiger partial charge in [0.05, 0.1) is 28.8 Å². The van der Waals surface area contributed by atoms with Crippen molar-refractivity contribution < 1.29 is 22.7 Å². The number of nitrogens with zero attached hydrogens (tertiary/aromatic N) is 3. The number of ether oxygens (including phenoxy) is 2. The minimum Gasteiger partial charge on any atom is -0.497 e. The van der Waals surface area contributed by atoms with Crippen LogP contribution in [0.25, 0.3) is 10.2 Å². The molecule has 1 aliphatic rings. The van der Waals surface area contributed by atoms with Crippen LogP contribution in [0.4, 0.5) is 0 Å². The van der Waals surface area contributed by atoms with Crippen molar-refractivity contribution in [2.45, 2.75) is 31.2 Å². The smallest absolute Gasteiger partial charge is 0.279 e. The van der Waals surface area contributed by atoms with E-state index in [0.29, 0.717) is 42.5 Å². The number of amides is 1. The number of hydrogen-bond acceptors (Lipinski definition) is 6. The number of hydrogen-bond donors (Lipinski definition) is 0. The molecule has 2 aromatic carbocycles. The Morgan fingerprint density at radius 3 is 2.62 bits per heavy atom. The summed E-state index contributed by atoms with van der Waals surface area (Å²) in [5, 5.41) is 0. The highest BCUT2D eigenvalue weighted by Gasteiger charge is 2.28. The van der Waals surface area contributed by atoms with Crippen LogP contribution in [0.15, 0.2) is 52.4 Å². The summed E-state index contributed by atoms with van der Waals surface area (Å²) in [6, 6.07) is 11.8. The number of sulfonamides is 1. The predicted octanol–water partition coefficient (Wildman–Crippen LogP) is 3.52. The Hall–Kier alpha value is -2.53. The first-order chi connectivity index (χ1) is 16.3. The van der Waals surface area contributed by atoms with Crippen molar-refractivity contribution in [3.8, 4) is 5.75 Å². The lowest BCUT2D eigenvalue weighted by Crippen LogP contribution is -2.39. The maximum absolute atomic E-state index is 13.0. The van der Waals surface area contributed by atoms with Crippen LogP contribution in [-0.2, 0) is 21.3 Å². The number of aromatic nitrogens is 1. The highest BCUT2D eigenvalue weighted by molar-refractivity contribution is 7.89. The van der Waals surface area contributed by atoms with E-state index in [-0.39, 0.29) is 4.90 Å². The standard InChI is InChI=1S/C24H29N3O5S2/c1-17-5-4-12-26(16-17)34(29,30)20-9-6-18(7-10-20)23(28)25-24-27(13-14-31-2)21-11-8-19(32-3)15-22(21)33-24/h6-11,15,17H,4-5,12-14,16H2,1-3H3/t17-/m0/s1. The second kappa shape index (κ2) is 10.4. The summed E-state index contributed by atoms with van der Waals surface area (Å²) in [7, 11) is -0.339. The van der Waals surface area contributed by atoms with E-state index in [1.54, 1.807) is 14.2 Å². The molecule has 8 nitrogen and oxygen atoms in total. The fourth-order valence-electron chi connectivity index (χ4n) is 4.10. The highest BCUT2D eigenvalue weighted by Crippen LogP contribution is 2.25. The average molecular weight is 504 g/mol. The van der Waals surface area contributed by atoms with Crippen molar-refractivity contribution in [3.05, 3.63) is 52.8 Å². The fourth-order valence-corrected chi connectivity index (χ4v) is 6.78. The molecule has 1 saturated heterocycles. The third-order valence-corrected chi connectivity index (χ3v) is 8.89. The Morgan fingerprint density at radius 2 is 1.94 bits per heavy atom. The van der Waals surface area contributed by atoms with Crippen molar-refractivity contribution in [3.63, 3.8) is 0 Å². The molecule has 1 amide bonds. The summed E-state index contributed by atoms with van der Waals surface area (Å²) >= 11 is 1.39. The van der Waals surface area contributed by atoms with Crippen molar-refractivity contribution in [1.82, 2.24) is 8.87 Å². The van der Waals surface area contributed by atoms with E-state index in [1.807, 2.05) is 22.8 Å². The minimum atomic E-state index is -3.57. The first-order valence-corrected chi connectivity index (χ1v) is 13.4. The Kier molecular flexibility index (Phi) is 7.51. The number of fused-ring (bicyclic) bond motifs is 1. The zero-order chi connectivity index (χ0) is 24.3. The van der Waals surface area contributed by atoms with E-state index in [0.717, 1.165) is 28.8 Å². The van der Waals surface area contributed by atoms with Crippen LogP contribution in [0, 0.1) is 5.92 Å². The van der Waals surface area contributed by atoms with E-state index >= 15 is 0 Å². The van der Waals surface area contributed by atoms with Crippen LogP contribution in [0.1, 0.15) is 30.1 Å². The van der Waals surface area contributed by atoms with Gasteiger partial charge < -0.3 is 14.0 Å². The van der Waals surface area contributed by atoms with E-state index in [9.17, 15) is 13.2 Å². The molecule has 0 radical (unpaired) electrons. The molecule has 0 bridgehead atoms. The van der Waals surface area contributed by atoms with Gasteiger partial charge in [-0.2, -0.15) is 9.30 Å². The van der Waals surface area contributed by atoms with E-state index in [4.69, 9.17) is 9.47 Å². The number of rotatable bonds is 7. The molecular formula is C24H29N3O5S2. The van der Waals surface area contributed by atoms with Gasteiger partial charge in [0, 0.05) is 32.3 Å². The summed E-state index contributed by atoms with van der Waals surface area (Å²) < 4.78 is 41.0. The Morgan fingerprint density at radius 1 is 1.18 bits per heavy atom. The lowest BCUT2D eigenvalue weighted by Gasteiger charge is -2.30. The number of piperidine rings is 1. The summed E-state index contributed by atoms with van der Waals surface area (Å²) in [5.41, 5.74) is 1.27. The molecule has 1 aromatic heterocycles. The maximum atomic E-state index is 13.0. The average Bonchev–Trinajstić information content (AvgIpc) is 3.18. The van der Waals surface area contributed by atoms with Crippen LogP contribution in [0.5, 0.6) is 5.75 Å². The van der Waals surface area contributed by atoms with Gasteiger partial charge in [0.25, 0.3) is 5.91 Å². The molecule has 0 aliphatic carbocycles. The van der Waals surface area contributed by atoms with Gasteiger partial charge in [-0.15, -0.1) is 0 Å². The summed E-state index contributed by atoms with van der Waals surface area (Å²) in [4.78, 5) is 18.1. The SMILES string of the molecule is COCCn1c(=NC(=O)c2ccc(S(=O)(=O)N3CCC[C@H](C)C3)cc2)sc2cc(OC)ccc21. The van der Waals surface area contributed by atoms with Crippen LogP contribution < -0.4 is 9.54 Å². The zero-order valence-corrected chi connectivity index (χ0v) is 21.2. The van der Waals surface area contributed by atoms with Gasteiger partial charge in [0.15, 0.2) is 4.80 Å². The minimum absolute atomic E-state index is 0.197. The highest BCUT2D eigenvalue weighted by atomic mass is 32.2. The second-order valence-corrected chi connectivity index (χ2v) is 11.4. The summed E-state index contributed by atoms with van der Waals surface area (Å²) in [5.74, 6) is 0.639. The number of carbonyl (C=O) groups is 1. The Labute approximate surface area is 203 Å². The van der Waals surface area contributed by atoms with Crippen LogP contribution in [0.3, 0.4) is 0 Å². The third kappa shape index (κ3) is 5.10. The molecule has 3 aromatic rings. The quantitative estimate of drug-likeness (QED) is 0.492. The zero-order valence-electron chi connectivity index (χ0n) is 19.6. The third-order valence-electron chi connectivity index (χ3n) is 5.96. The summed E-state index contributed by atoms with van der Waals surface area (Å²) in [6.45, 7) is 4.13. The first kappa shape index (κ1) is 24.6. The Balaban J connectivity index is 1.64. The summed E-state index contributed by atoms with van der Waals surface area (Å²) in [6.07, 6.45) is 1.90. The van der Waals surface area contributed by atoms with E-state index < -0.39 is 15.9 Å². The van der Waals surface area contributed by atoms with Crippen LogP contribution in [-0.4, -0.2) is 57.1 Å². The number of methoxy groups -OCH3 is 2. The van der Waals surface area contributed by atoms with Crippen molar-refractivity contribution >= 4 is 37.5 Å². The van der Waals surface area contributed by atoms with Crippen molar-refractivity contribution in [2.75, 3.05) is 33.9 Å². The molecule has 0 spiro atoms. The number of carbonyl (C=O) groups excluding carboxylic acids is 1. The van der Waals surface area contributed by atoms with Crippen molar-refractivity contribution in [1.29, 1.82) is 0 Å². The maximum Gasteiger partial charge on any atom is 0.279 e. The van der Waals surface area contributed by atoms with Gasteiger partial charge in [-0.25, -0.2) is 8.42 Å². The second-order valence-electron chi connectivity index (χ2n) is 8.41. The van der Waals surface area contributed by atoms with Crippen LogP contribution >= 0.6 is 11.3 Å². The molecule has 34 heavy (non-hydrogen) atoms. The van der Waals surface area contributed by atoms with E-state index in [2.05, 4.69) is 11.9 Å². The molecule has 1 atom stereocenters. The predicted molar refractivity (Wildman–Crippen MR) is 132 cm³/mol. The molecule has 0 unspecified atom stereocenters. The largest absolute Gasteiger partial charge is 0.497 e. The Bertz CT molecular complexity index is 1340. The molecular weight excluding hydrogens is 474 g/mol. The molecule has 2 heterocycles. The monoisotopic (exact) mass is 503 g/mol. The number of benzene rings is 2. The lowest BCUT2D eigenvalue weighted by atomic mass is 10.0. The van der Waals surface area contributed by atoms with Crippen molar-refractivity contribution in [2.24, 2.45) is 10.9 Å². The molecule has 182 valence electrons. The van der Waals surface area contributed by atoms with E-state index in [1.165, 1.54) is 39.9 Å². The topological polar surface area (TPSA) is 90.2 Å². The molecule has 1 fully saturated rings. The van der Waals surface area contributed by atoms with Gasteiger partial charge in [-0.1, -0.05) is 18.3 Å². The number of thiazole rings is 1. The first-order valence-electron chi connectivity index (χ1n) is 11.2. The molecule has 4 rings (SSSR count). The van der Waals surface area contributed by atoms with Gasteiger partial charge in [0.2, 0.25) is 10.0 Å². The fraction of sp³-hybridized carbons (Fsp3) is 0.417. The molecule has 0 saturated carbocycles. The van der Waals surface area contributed by atoms with Gasteiger partial charge in [-0.3, -0.25) is 4.79 Å². The van der Waals surface area contributed by atoms with Gasteiger partial charge in [-0.05, 0) is 61.2 Å². The molecule has 10 heteroatoms. The molecule has 0 N–H and O–H groups in total. The lowest BCUT2D eigenvalue weighted by molar-refractivity contribution is 0.0997. The normalized spacial score (nSPS) is 17.9. The van der Waals surface area contributed by atoms with Crippen LogP contribution in [0.2, 0.25) is 0 Å².